The number of hydrogen-bond acceptors (Lipinski definition) is 4. The number of carbonyl (C=O) groups excluding carboxylic acids is 1. The molecule has 0 fully saturated rings. The minimum Gasteiger partial charge on any atom is -0.370 e. The molecule has 0 spiro atoms. The van der Waals surface area contributed by atoms with Gasteiger partial charge in [-0.1, -0.05) is 0 Å². The molecule has 4 nitrogen and oxygen atoms in total. The van der Waals surface area contributed by atoms with Crippen LogP contribution in [-0.4, -0.2) is 29.7 Å². The van der Waals surface area contributed by atoms with Crippen LogP contribution in [0.1, 0.15) is 24.2 Å². The molecule has 134 valence electrons. The average molecular weight is 369 g/mol. The number of amides is 1. The fourth-order valence-corrected chi connectivity index (χ4v) is 2.67. The molecule has 8 heteroatoms. The molecule has 1 aromatic heterocycles. The molecule has 0 aliphatic heterocycles. The van der Waals surface area contributed by atoms with Crippen molar-refractivity contribution in [2.45, 2.75) is 30.7 Å². The number of carbonyl (C=O) groups is 1. The predicted octanol–water partition coefficient (Wildman–Crippen LogP) is 4.63. The van der Waals surface area contributed by atoms with Crippen molar-refractivity contribution in [2.75, 3.05) is 17.3 Å². The summed E-state index contributed by atoms with van der Waals surface area (Å²) in [5.74, 6) is -3.80. The number of halogens is 3. The molecule has 0 saturated carbocycles. The highest BCUT2D eigenvalue weighted by Crippen LogP contribution is 2.28. The third-order valence-electron chi connectivity index (χ3n) is 3.58. The third kappa shape index (κ3) is 4.88. The van der Waals surface area contributed by atoms with Gasteiger partial charge in [-0.25, -0.2) is 9.37 Å². The molecule has 0 saturated heterocycles. The Labute approximate surface area is 148 Å². The lowest BCUT2D eigenvalue weighted by atomic mass is 10.2. The van der Waals surface area contributed by atoms with Crippen molar-refractivity contribution in [1.82, 2.24) is 4.98 Å². The van der Waals surface area contributed by atoms with Crippen LogP contribution in [0.2, 0.25) is 0 Å². The molecular formula is C17H18F3N3OS. The first kappa shape index (κ1) is 19.1. The molecule has 1 aromatic carbocycles. The monoisotopic (exact) mass is 369 g/mol. The second-order valence-electron chi connectivity index (χ2n) is 5.56. The quantitative estimate of drug-likeness (QED) is 0.754. The molecule has 1 amide bonds. The molecule has 0 radical (unpaired) electrons. The van der Waals surface area contributed by atoms with Crippen molar-refractivity contribution in [3.63, 3.8) is 0 Å². The first-order valence-corrected chi connectivity index (χ1v) is 8.41. The van der Waals surface area contributed by atoms with E-state index in [1.165, 1.54) is 24.4 Å². The van der Waals surface area contributed by atoms with Crippen LogP contribution in [0.4, 0.5) is 24.5 Å². The summed E-state index contributed by atoms with van der Waals surface area (Å²) in [6.45, 7) is 3.86. The van der Waals surface area contributed by atoms with Gasteiger partial charge in [0.05, 0.1) is 11.3 Å². The fraction of sp³-hybridized carbons (Fsp3) is 0.294. The first-order chi connectivity index (χ1) is 11.8. The second kappa shape index (κ2) is 8.24. The smallest absolute Gasteiger partial charge is 0.290 e. The van der Waals surface area contributed by atoms with E-state index in [9.17, 15) is 18.0 Å². The zero-order chi connectivity index (χ0) is 18.6. The van der Waals surface area contributed by atoms with Crippen molar-refractivity contribution in [3.8, 4) is 0 Å². The highest BCUT2D eigenvalue weighted by atomic mass is 32.2. The van der Waals surface area contributed by atoms with E-state index < -0.39 is 17.5 Å². The van der Waals surface area contributed by atoms with E-state index >= 15 is 0 Å². The summed E-state index contributed by atoms with van der Waals surface area (Å²) < 4.78 is 39.4. The van der Waals surface area contributed by atoms with Crippen molar-refractivity contribution >= 4 is 29.0 Å². The van der Waals surface area contributed by atoms with Crippen molar-refractivity contribution in [2.24, 2.45) is 0 Å². The molecular weight excluding hydrogens is 351 g/mol. The maximum Gasteiger partial charge on any atom is 0.290 e. The first-order valence-electron chi connectivity index (χ1n) is 7.53. The number of alkyl halides is 2. The van der Waals surface area contributed by atoms with Crippen LogP contribution < -0.4 is 10.2 Å². The van der Waals surface area contributed by atoms with Crippen LogP contribution >= 0.6 is 11.8 Å². The van der Waals surface area contributed by atoms with Gasteiger partial charge in [0.1, 0.15) is 10.8 Å². The topological polar surface area (TPSA) is 45.2 Å². The van der Waals surface area contributed by atoms with Crippen molar-refractivity contribution in [3.05, 3.63) is 47.9 Å². The number of rotatable bonds is 6. The van der Waals surface area contributed by atoms with E-state index in [2.05, 4.69) is 10.3 Å². The highest BCUT2D eigenvalue weighted by molar-refractivity contribution is 7.99. The number of benzene rings is 1. The van der Waals surface area contributed by atoms with E-state index in [4.69, 9.17) is 0 Å². The van der Waals surface area contributed by atoms with Crippen LogP contribution in [0, 0.1) is 5.82 Å². The highest BCUT2D eigenvalue weighted by Gasteiger charge is 2.18. The molecule has 0 atom stereocenters. The Balaban J connectivity index is 2.20. The van der Waals surface area contributed by atoms with E-state index in [-0.39, 0.29) is 34.1 Å². The maximum absolute atomic E-state index is 14.3. The lowest BCUT2D eigenvalue weighted by Gasteiger charge is -2.24. The Morgan fingerprint density at radius 3 is 2.60 bits per heavy atom. The summed E-state index contributed by atoms with van der Waals surface area (Å²) in [6.07, 6.45) is 1.33. The van der Waals surface area contributed by atoms with Gasteiger partial charge in [0.25, 0.3) is 11.7 Å². The molecule has 2 rings (SSSR count). The predicted molar refractivity (Wildman–Crippen MR) is 94.0 cm³/mol. The summed E-state index contributed by atoms with van der Waals surface area (Å²) in [4.78, 5) is 17.9. The van der Waals surface area contributed by atoms with E-state index in [1.54, 1.807) is 24.1 Å². The largest absolute Gasteiger partial charge is 0.370 e. The summed E-state index contributed by atoms with van der Waals surface area (Å²) in [6, 6.07) is 7.30. The van der Waals surface area contributed by atoms with Crippen LogP contribution in [0.5, 0.6) is 0 Å². The van der Waals surface area contributed by atoms with Gasteiger partial charge in [0.2, 0.25) is 0 Å². The number of pyridine rings is 1. The molecule has 25 heavy (non-hydrogen) atoms. The van der Waals surface area contributed by atoms with E-state index in [0.29, 0.717) is 5.69 Å². The Morgan fingerprint density at radius 1 is 1.28 bits per heavy atom. The van der Waals surface area contributed by atoms with E-state index in [0.717, 1.165) is 0 Å². The molecule has 1 heterocycles. The van der Waals surface area contributed by atoms with Crippen molar-refractivity contribution in [1.29, 1.82) is 0 Å². The van der Waals surface area contributed by atoms with Crippen LogP contribution in [0.15, 0.2) is 41.6 Å². The van der Waals surface area contributed by atoms with Crippen molar-refractivity contribution < 1.29 is 18.0 Å². The zero-order valence-corrected chi connectivity index (χ0v) is 14.8. The summed E-state index contributed by atoms with van der Waals surface area (Å²) in [7, 11) is 1.77. The minimum atomic E-state index is -2.69. The Hall–Kier alpha value is -2.22. The van der Waals surface area contributed by atoms with Gasteiger partial charge < -0.3 is 10.2 Å². The molecule has 0 unspecified atom stereocenters. The zero-order valence-electron chi connectivity index (χ0n) is 14.0. The van der Waals surface area contributed by atoms with Crippen LogP contribution in [-0.2, 0) is 0 Å². The maximum atomic E-state index is 14.3. The standard InChI is InChI=1S/C17H18F3N3OS/c1-10(2)23(3)14-7-6-11(9-13(14)18)22-15(24)12-5-4-8-21-16(12)25-17(19)20/h4-10,17H,1-3H3,(H,22,24). The average Bonchev–Trinajstić information content (AvgIpc) is 2.54. The fourth-order valence-electron chi connectivity index (χ4n) is 2.09. The SMILES string of the molecule is CC(C)N(C)c1ccc(NC(=O)c2cccnc2SC(F)F)cc1F. The lowest BCUT2D eigenvalue weighted by molar-refractivity contribution is 0.102. The van der Waals surface area contributed by atoms with Gasteiger partial charge in [0, 0.05) is 25.0 Å². The molecule has 0 bridgehead atoms. The number of anilines is 2. The number of thioether (sulfide) groups is 1. The molecule has 2 aromatic rings. The number of hydrogen-bond donors (Lipinski definition) is 1. The van der Waals surface area contributed by atoms with Crippen LogP contribution in [0.3, 0.4) is 0 Å². The molecule has 1 N–H and O–H groups in total. The lowest BCUT2D eigenvalue weighted by Crippen LogP contribution is -2.26. The normalized spacial score (nSPS) is 11.0. The minimum absolute atomic E-state index is 0.0107. The number of nitrogens with zero attached hydrogens (tertiary/aromatic N) is 2. The van der Waals surface area contributed by atoms with Gasteiger partial charge in [-0.2, -0.15) is 8.78 Å². The summed E-state index contributed by atoms with van der Waals surface area (Å²) in [5, 5.41) is 2.44. The number of nitrogens with one attached hydrogen (secondary N) is 1. The Kier molecular flexibility index (Phi) is 6.30. The third-order valence-corrected chi connectivity index (χ3v) is 4.30. The van der Waals surface area contributed by atoms with E-state index in [1.807, 2.05) is 13.8 Å². The summed E-state index contributed by atoms with van der Waals surface area (Å²) >= 11 is 0.191. The Morgan fingerprint density at radius 2 is 2.00 bits per heavy atom. The molecule has 0 aliphatic carbocycles. The Bertz CT molecular complexity index is 756. The van der Waals surface area contributed by atoms with Gasteiger partial charge in [-0.05, 0) is 55.9 Å². The second-order valence-corrected chi connectivity index (χ2v) is 6.54. The van der Waals surface area contributed by atoms with Gasteiger partial charge in [-0.3, -0.25) is 4.79 Å². The van der Waals surface area contributed by atoms with Crippen LogP contribution in [0.25, 0.3) is 0 Å². The molecule has 0 aliphatic rings. The van der Waals surface area contributed by atoms with Gasteiger partial charge in [-0.15, -0.1) is 0 Å². The van der Waals surface area contributed by atoms with Gasteiger partial charge >= 0.3 is 0 Å². The summed E-state index contributed by atoms with van der Waals surface area (Å²) in [5.41, 5.74) is 0.653. The van der Waals surface area contributed by atoms with Gasteiger partial charge in [0.15, 0.2) is 0 Å². The number of aromatic nitrogens is 1.